The first kappa shape index (κ1) is 22.4. The van der Waals surface area contributed by atoms with Gasteiger partial charge < -0.3 is 0 Å². The van der Waals surface area contributed by atoms with Crippen molar-refractivity contribution in [3.8, 4) is 0 Å². The van der Waals surface area contributed by atoms with Gasteiger partial charge in [0.15, 0.2) is 0 Å². The van der Waals surface area contributed by atoms with E-state index in [9.17, 15) is 18.8 Å². The van der Waals surface area contributed by atoms with Gasteiger partial charge in [0, 0.05) is 15.2 Å². The van der Waals surface area contributed by atoms with Gasteiger partial charge in [-0.1, -0.05) is 73.8 Å². The average molecular weight is 573 g/mol. The molecular weight excluding hydrogens is 555 g/mol. The Labute approximate surface area is 200 Å². The number of fused-ring (bicyclic) bond motifs is 1. The van der Waals surface area contributed by atoms with Crippen LogP contribution in [0.5, 0.6) is 0 Å². The molecule has 1 aliphatic heterocycles. The number of hydrogen-bond donors (Lipinski definition) is 0. The topological polar surface area (TPSA) is 57.7 Å². The molecule has 2 aliphatic rings. The van der Waals surface area contributed by atoms with Crippen molar-refractivity contribution < 1.29 is 18.8 Å². The zero-order valence-electron chi connectivity index (χ0n) is 16.2. The van der Waals surface area contributed by atoms with Gasteiger partial charge >= 0.3 is 0 Å². The van der Waals surface area contributed by atoms with Crippen molar-refractivity contribution in [2.24, 2.45) is 11.8 Å². The minimum atomic E-state index is -0.639. The summed E-state index contributed by atoms with van der Waals surface area (Å²) < 4.78 is 14.4. The van der Waals surface area contributed by atoms with Gasteiger partial charge in [-0.2, -0.15) is 5.01 Å². The van der Waals surface area contributed by atoms with E-state index in [0.29, 0.717) is 12.8 Å². The lowest BCUT2D eigenvalue weighted by Gasteiger charge is -2.31. The minimum absolute atomic E-state index is 0.0322. The molecule has 0 aromatic heterocycles. The molecule has 0 bridgehead atoms. The molecular formula is C22H18Br2ClFN2O3. The highest BCUT2D eigenvalue weighted by Crippen LogP contribution is 2.44. The number of amides is 3. The van der Waals surface area contributed by atoms with Crippen LogP contribution in [0.15, 0.2) is 48.5 Å². The molecule has 5 nitrogen and oxygen atoms in total. The van der Waals surface area contributed by atoms with Crippen LogP contribution in [0, 0.1) is 17.7 Å². The maximum absolute atomic E-state index is 14.4. The van der Waals surface area contributed by atoms with Crippen LogP contribution >= 0.6 is 43.5 Å². The predicted molar refractivity (Wildman–Crippen MR) is 121 cm³/mol. The summed E-state index contributed by atoms with van der Waals surface area (Å²) in [6.07, 6.45) is 0.935. The summed E-state index contributed by atoms with van der Waals surface area (Å²) in [5, 5.41) is 2.11. The molecule has 1 saturated carbocycles. The summed E-state index contributed by atoms with van der Waals surface area (Å²) in [5.74, 6) is -3.14. The van der Waals surface area contributed by atoms with Crippen LogP contribution in [-0.4, -0.2) is 37.4 Å². The third kappa shape index (κ3) is 4.17. The van der Waals surface area contributed by atoms with E-state index < -0.39 is 35.4 Å². The highest BCUT2D eigenvalue weighted by molar-refractivity contribution is 9.12. The fourth-order valence-electron chi connectivity index (χ4n) is 4.11. The fourth-order valence-corrected chi connectivity index (χ4v) is 5.56. The van der Waals surface area contributed by atoms with E-state index in [1.54, 1.807) is 24.3 Å². The van der Waals surface area contributed by atoms with Crippen molar-refractivity contribution in [3.05, 3.63) is 70.5 Å². The first-order chi connectivity index (χ1) is 14.8. The Bertz CT molecular complexity index is 1020. The summed E-state index contributed by atoms with van der Waals surface area (Å²) in [4.78, 5) is 40.1. The number of carbonyl (C=O) groups excluding carboxylic acids is 3. The Balaban J connectivity index is 1.74. The lowest BCUT2D eigenvalue weighted by atomic mass is 9.81. The normalized spacial score (nSPS) is 25.5. The molecule has 0 N–H and O–H groups in total. The zero-order chi connectivity index (χ0) is 22.3. The third-order valence-corrected chi connectivity index (χ3v) is 8.81. The van der Waals surface area contributed by atoms with Gasteiger partial charge in [0.05, 0.1) is 29.0 Å². The second kappa shape index (κ2) is 9.00. The monoisotopic (exact) mass is 570 g/mol. The van der Waals surface area contributed by atoms with Crippen LogP contribution in [0.3, 0.4) is 0 Å². The Morgan fingerprint density at radius 3 is 2.13 bits per heavy atom. The molecule has 2 aromatic rings. The summed E-state index contributed by atoms with van der Waals surface area (Å²) in [6, 6.07) is 12.3. The third-order valence-electron chi connectivity index (χ3n) is 5.75. The number of carbonyl (C=O) groups is 3. The van der Waals surface area contributed by atoms with Gasteiger partial charge in [-0.25, -0.2) is 9.40 Å². The lowest BCUT2D eigenvalue weighted by Crippen LogP contribution is -2.50. The van der Waals surface area contributed by atoms with Crippen LogP contribution in [0.25, 0.3) is 0 Å². The Hall–Kier alpha value is -1.77. The van der Waals surface area contributed by atoms with E-state index in [1.807, 2.05) is 0 Å². The van der Waals surface area contributed by atoms with E-state index in [2.05, 4.69) is 31.9 Å². The number of hydrogen-bond acceptors (Lipinski definition) is 3. The summed E-state index contributed by atoms with van der Waals surface area (Å²) in [6.45, 7) is -0.275. The molecule has 31 heavy (non-hydrogen) atoms. The van der Waals surface area contributed by atoms with Gasteiger partial charge in [-0.05, 0) is 31.0 Å². The standard InChI is InChI=1S/C22H18Br2ClFN2O3/c23-16-9-14-15(10-17(16)24)22(31)28(21(14)30)27(11-12-5-1-4-8-19(12)26)20(29)13-6-2-3-7-18(13)25/h1-8,14-17H,9-11H2/t14-,15+,16-,17-/m0/s1. The molecule has 9 heteroatoms. The molecule has 0 spiro atoms. The highest BCUT2D eigenvalue weighted by Gasteiger charge is 2.54. The molecule has 0 unspecified atom stereocenters. The van der Waals surface area contributed by atoms with Crippen molar-refractivity contribution in [3.63, 3.8) is 0 Å². The van der Waals surface area contributed by atoms with E-state index in [-0.39, 0.29) is 32.3 Å². The second-order valence-electron chi connectivity index (χ2n) is 7.64. The molecule has 1 saturated heterocycles. The van der Waals surface area contributed by atoms with E-state index in [1.165, 1.54) is 24.3 Å². The predicted octanol–water partition coefficient (Wildman–Crippen LogP) is 4.96. The number of alkyl halides is 2. The number of halogens is 4. The molecule has 3 amide bonds. The first-order valence-corrected chi connectivity index (χ1v) is 12.0. The van der Waals surface area contributed by atoms with Gasteiger partial charge in [0.25, 0.3) is 17.7 Å². The molecule has 2 aromatic carbocycles. The van der Waals surface area contributed by atoms with Crippen molar-refractivity contribution >= 4 is 61.2 Å². The second-order valence-corrected chi connectivity index (χ2v) is 10.4. The summed E-state index contributed by atoms with van der Waals surface area (Å²) in [5.41, 5.74) is 0.322. The highest BCUT2D eigenvalue weighted by atomic mass is 79.9. The molecule has 2 fully saturated rings. The molecule has 0 radical (unpaired) electrons. The molecule has 4 atom stereocenters. The van der Waals surface area contributed by atoms with Gasteiger partial charge in [-0.15, -0.1) is 0 Å². The fraction of sp³-hybridized carbons (Fsp3) is 0.318. The minimum Gasteiger partial charge on any atom is -0.272 e. The average Bonchev–Trinajstić information content (AvgIpc) is 2.97. The first-order valence-electron chi connectivity index (χ1n) is 9.75. The van der Waals surface area contributed by atoms with Crippen LogP contribution < -0.4 is 0 Å². The molecule has 162 valence electrons. The molecule has 1 aliphatic carbocycles. The van der Waals surface area contributed by atoms with E-state index in [4.69, 9.17) is 11.6 Å². The van der Waals surface area contributed by atoms with E-state index >= 15 is 0 Å². The smallest absolute Gasteiger partial charge is 0.272 e. The molecule has 4 rings (SSSR count). The number of imide groups is 1. The van der Waals surface area contributed by atoms with Crippen LogP contribution in [0.4, 0.5) is 4.39 Å². The quantitative estimate of drug-likeness (QED) is 0.385. The maximum Gasteiger partial charge on any atom is 0.274 e. The van der Waals surface area contributed by atoms with E-state index in [0.717, 1.165) is 10.0 Å². The summed E-state index contributed by atoms with van der Waals surface area (Å²) in [7, 11) is 0. The number of nitrogens with zero attached hydrogens (tertiary/aromatic N) is 2. The van der Waals surface area contributed by atoms with Crippen molar-refractivity contribution in [1.82, 2.24) is 10.0 Å². The summed E-state index contributed by atoms with van der Waals surface area (Å²) >= 11 is 13.3. The number of rotatable bonds is 4. The van der Waals surface area contributed by atoms with Crippen LogP contribution in [-0.2, 0) is 16.1 Å². The lowest BCUT2D eigenvalue weighted by molar-refractivity contribution is -0.155. The van der Waals surface area contributed by atoms with Crippen LogP contribution in [0.1, 0.15) is 28.8 Å². The van der Waals surface area contributed by atoms with Crippen LogP contribution in [0.2, 0.25) is 5.02 Å². The van der Waals surface area contributed by atoms with Crippen molar-refractivity contribution in [2.45, 2.75) is 29.0 Å². The Morgan fingerprint density at radius 1 is 1.00 bits per heavy atom. The van der Waals surface area contributed by atoms with Gasteiger partial charge in [-0.3, -0.25) is 14.4 Å². The Kier molecular flexibility index (Phi) is 6.51. The molecule has 1 heterocycles. The SMILES string of the molecule is O=C(c1ccccc1Cl)N(Cc1ccccc1F)N1C(=O)[C@H]2C[C@H](Br)[C@@H](Br)C[C@H]2C1=O. The van der Waals surface area contributed by atoms with Crippen molar-refractivity contribution in [1.29, 1.82) is 0 Å². The number of benzene rings is 2. The van der Waals surface area contributed by atoms with Gasteiger partial charge in [0.1, 0.15) is 5.82 Å². The van der Waals surface area contributed by atoms with Gasteiger partial charge in [0.2, 0.25) is 0 Å². The maximum atomic E-state index is 14.4. The van der Waals surface area contributed by atoms with Crippen molar-refractivity contribution in [2.75, 3.05) is 0 Å². The number of hydrazine groups is 1. The largest absolute Gasteiger partial charge is 0.274 e. The Morgan fingerprint density at radius 2 is 1.55 bits per heavy atom. The zero-order valence-corrected chi connectivity index (χ0v) is 20.1.